The molecule has 2 rings (SSSR count). The molecule has 1 unspecified atom stereocenters. The summed E-state index contributed by atoms with van der Waals surface area (Å²) in [7, 11) is 0. The maximum atomic E-state index is 5.76. The van der Waals surface area contributed by atoms with Crippen molar-refractivity contribution < 1.29 is 4.42 Å². The lowest BCUT2D eigenvalue weighted by Crippen LogP contribution is -2.27. The predicted molar refractivity (Wildman–Crippen MR) is 77.3 cm³/mol. The van der Waals surface area contributed by atoms with E-state index in [-0.39, 0.29) is 0 Å². The molecule has 0 fully saturated rings. The monoisotopic (exact) mass is 308 g/mol. The first-order valence-electron chi connectivity index (χ1n) is 5.95. The summed E-state index contributed by atoms with van der Waals surface area (Å²) >= 11 is 3.43. The van der Waals surface area contributed by atoms with Gasteiger partial charge in [-0.3, -0.25) is 0 Å². The Morgan fingerprint density at radius 3 is 2.89 bits per heavy atom. The van der Waals surface area contributed by atoms with Crippen LogP contribution >= 0.6 is 15.9 Å². The average molecular weight is 309 g/mol. The summed E-state index contributed by atoms with van der Waals surface area (Å²) in [5.74, 6) is 1.01. The molecule has 0 saturated carbocycles. The van der Waals surface area contributed by atoms with Crippen molar-refractivity contribution in [2.75, 3.05) is 5.73 Å². The minimum atomic E-state index is 0.368. The van der Waals surface area contributed by atoms with Gasteiger partial charge in [-0.05, 0) is 52.7 Å². The number of hydrogen-bond acceptors (Lipinski definition) is 3. The van der Waals surface area contributed by atoms with Gasteiger partial charge in [-0.25, -0.2) is 0 Å². The van der Waals surface area contributed by atoms with Crippen LogP contribution < -0.4 is 11.1 Å². The Hall–Kier alpha value is -1.26. The molecule has 0 aliphatic carbocycles. The molecule has 0 amide bonds. The van der Waals surface area contributed by atoms with E-state index in [1.807, 2.05) is 30.3 Å². The molecule has 0 aliphatic heterocycles. The minimum absolute atomic E-state index is 0.368. The zero-order chi connectivity index (χ0) is 13.0. The van der Waals surface area contributed by atoms with Crippen LogP contribution in [0, 0.1) is 0 Å². The van der Waals surface area contributed by atoms with Crippen LogP contribution in [0.25, 0.3) is 0 Å². The molecule has 4 heteroatoms. The number of halogens is 1. The number of nitrogens with two attached hydrogens (primary N) is 1. The van der Waals surface area contributed by atoms with Crippen molar-refractivity contribution in [3.63, 3.8) is 0 Å². The summed E-state index contributed by atoms with van der Waals surface area (Å²) in [4.78, 5) is 0. The van der Waals surface area contributed by atoms with Gasteiger partial charge in [0.05, 0.1) is 6.26 Å². The van der Waals surface area contributed by atoms with Crippen LogP contribution in [0.3, 0.4) is 0 Å². The summed E-state index contributed by atoms with van der Waals surface area (Å²) in [5.41, 5.74) is 7.73. The molecular weight excluding hydrogens is 292 g/mol. The van der Waals surface area contributed by atoms with Crippen molar-refractivity contribution in [1.29, 1.82) is 0 Å². The Labute approximate surface area is 115 Å². The number of benzene rings is 1. The van der Waals surface area contributed by atoms with E-state index in [2.05, 4.69) is 28.2 Å². The van der Waals surface area contributed by atoms with Gasteiger partial charge in [0, 0.05) is 29.2 Å². The molecule has 1 atom stereocenters. The average Bonchev–Trinajstić information content (AvgIpc) is 2.83. The van der Waals surface area contributed by atoms with E-state index >= 15 is 0 Å². The maximum absolute atomic E-state index is 5.76. The zero-order valence-corrected chi connectivity index (χ0v) is 11.9. The number of rotatable bonds is 5. The fraction of sp³-hybridized carbons (Fsp3) is 0.286. The van der Waals surface area contributed by atoms with E-state index in [4.69, 9.17) is 10.2 Å². The molecule has 0 saturated heterocycles. The third-order valence-corrected chi connectivity index (χ3v) is 3.49. The third kappa shape index (κ3) is 3.62. The summed E-state index contributed by atoms with van der Waals surface area (Å²) in [6.07, 6.45) is 2.60. The van der Waals surface area contributed by atoms with Crippen molar-refractivity contribution >= 4 is 21.6 Å². The SMILES string of the molecule is CC(Cc1ccco1)NCc1ccc(N)c(Br)c1. The van der Waals surface area contributed by atoms with Gasteiger partial charge in [0.15, 0.2) is 0 Å². The van der Waals surface area contributed by atoms with Crippen LogP contribution in [0.4, 0.5) is 5.69 Å². The molecule has 1 aromatic carbocycles. The van der Waals surface area contributed by atoms with Crippen LogP contribution in [-0.4, -0.2) is 6.04 Å². The van der Waals surface area contributed by atoms with Gasteiger partial charge in [-0.15, -0.1) is 0 Å². The first kappa shape index (κ1) is 13.2. The van der Waals surface area contributed by atoms with Crippen LogP contribution in [-0.2, 0) is 13.0 Å². The largest absolute Gasteiger partial charge is 0.469 e. The standard InChI is InChI=1S/C14H17BrN2O/c1-10(7-12-3-2-6-18-12)17-9-11-4-5-14(16)13(15)8-11/h2-6,8,10,17H,7,9,16H2,1H3. The summed E-state index contributed by atoms with van der Waals surface area (Å²) < 4.78 is 6.27. The fourth-order valence-electron chi connectivity index (χ4n) is 1.78. The van der Waals surface area contributed by atoms with Crippen molar-refractivity contribution in [2.45, 2.75) is 25.9 Å². The first-order valence-corrected chi connectivity index (χ1v) is 6.74. The lowest BCUT2D eigenvalue weighted by atomic mass is 10.1. The second kappa shape index (κ2) is 6.07. The molecule has 18 heavy (non-hydrogen) atoms. The van der Waals surface area contributed by atoms with Gasteiger partial charge in [-0.1, -0.05) is 6.07 Å². The number of hydrogen-bond donors (Lipinski definition) is 2. The van der Waals surface area contributed by atoms with Crippen LogP contribution in [0.5, 0.6) is 0 Å². The molecule has 96 valence electrons. The van der Waals surface area contributed by atoms with E-state index in [1.165, 1.54) is 5.56 Å². The second-order valence-corrected chi connectivity index (χ2v) is 5.28. The molecule has 0 radical (unpaired) electrons. The van der Waals surface area contributed by atoms with Crippen molar-refractivity contribution in [2.24, 2.45) is 0 Å². The molecule has 3 N–H and O–H groups in total. The Morgan fingerprint density at radius 1 is 1.39 bits per heavy atom. The maximum Gasteiger partial charge on any atom is 0.105 e. The molecule has 0 bridgehead atoms. The van der Waals surface area contributed by atoms with Crippen LogP contribution in [0.2, 0.25) is 0 Å². The molecule has 3 nitrogen and oxygen atoms in total. The predicted octanol–water partition coefficient (Wildman–Crippen LogP) is 3.35. The Balaban J connectivity index is 1.85. The Kier molecular flexibility index (Phi) is 4.44. The van der Waals surface area contributed by atoms with Gasteiger partial charge in [0.1, 0.15) is 5.76 Å². The van der Waals surface area contributed by atoms with Gasteiger partial charge in [0.25, 0.3) is 0 Å². The van der Waals surface area contributed by atoms with Crippen molar-refractivity contribution in [3.8, 4) is 0 Å². The molecular formula is C14H17BrN2O. The number of anilines is 1. The third-order valence-electron chi connectivity index (χ3n) is 2.81. The topological polar surface area (TPSA) is 51.2 Å². The number of nitrogens with one attached hydrogen (secondary N) is 1. The second-order valence-electron chi connectivity index (χ2n) is 4.42. The highest BCUT2D eigenvalue weighted by molar-refractivity contribution is 9.10. The lowest BCUT2D eigenvalue weighted by Gasteiger charge is -2.13. The normalized spacial score (nSPS) is 12.6. The van der Waals surface area contributed by atoms with Crippen molar-refractivity contribution in [1.82, 2.24) is 5.32 Å². The van der Waals surface area contributed by atoms with E-state index < -0.39 is 0 Å². The van der Waals surface area contributed by atoms with E-state index in [0.29, 0.717) is 6.04 Å². The Bertz CT molecular complexity index is 497. The molecule has 1 heterocycles. The summed E-state index contributed by atoms with van der Waals surface area (Å²) in [5, 5.41) is 3.46. The van der Waals surface area contributed by atoms with E-state index in [9.17, 15) is 0 Å². The van der Waals surface area contributed by atoms with Gasteiger partial charge < -0.3 is 15.5 Å². The summed E-state index contributed by atoms with van der Waals surface area (Å²) in [6, 6.07) is 10.3. The highest BCUT2D eigenvalue weighted by Crippen LogP contribution is 2.20. The quantitative estimate of drug-likeness (QED) is 0.833. The van der Waals surface area contributed by atoms with Crippen molar-refractivity contribution in [3.05, 3.63) is 52.4 Å². The highest BCUT2D eigenvalue weighted by atomic mass is 79.9. The molecule has 0 spiro atoms. The van der Waals surface area contributed by atoms with Gasteiger partial charge in [0.2, 0.25) is 0 Å². The first-order chi connectivity index (χ1) is 8.65. The number of furan rings is 1. The van der Waals surface area contributed by atoms with E-state index in [1.54, 1.807) is 6.26 Å². The summed E-state index contributed by atoms with van der Waals surface area (Å²) in [6.45, 7) is 2.97. The Morgan fingerprint density at radius 2 is 2.22 bits per heavy atom. The molecule has 1 aromatic heterocycles. The lowest BCUT2D eigenvalue weighted by molar-refractivity contribution is 0.456. The zero-order valence-electron chi connectivity index (χ0n) is 10.3. The minimum Gasteiger partial charge on any atom is -0.469 e. The van der Waals surface area contributed by atoms with E-state index in [0.717, 1.165) is 28.9 Å². The van der Waals surface area contributed by atoms with Crippen LogP contribution in [0.1, 0.15) is 18.2 Å². The van der Waals surface area contributed by atoms with Crippen LogP contribution in [0.15, 0.2) is 45.5 Å². The molecule has 2 aromatic rings. The fourth-order valence-corrected chi connectivity index (χ4v) is 2.20. The van der Waals surface area contributed by atoms with Gasteiger partial charge in [-0.2, -0.15) is 0 Å². The molecule has 0 aliphatic rings. The highest BCUT2D eigenvalue weighted by Gasteiger charge is 2.05. The number of nitrogen functional groups attached to an aromatic ring is 1. The smallest absolute Gasteiger partial charge is 0.105 e. The van der Waals surface area contributed by atoms with Gasteiger partial charge >= 0.3 is 0 Å².